The molecular formula is C22H25N5O3S. The van der Waals surface area contributed by atoms with Crippen LogP contribution < -0.4 is 5.32 Å². The Kier molecular flexibility index (Phi) is 7.77. The number of hydrogen-bond acceptors (Lipinski definition) is 6. The van der Waals surface area contributed by atoms with E-state index in [0.29, 0.717) is 17.4 Å². The van der Waals surface area contributed by atoms with Gasteiger partial charge in [0, 0.05) is 41.6 Å². The molecule has 1 unspecified atom stereocenters. The first-order chi connectivity index (χ1) is 15.0. The molecule has 0 aliphatic heterocycles. The minimum atomic E-state index is -0.426. The highest BCUT2D eigenvalue weighted by atomic mass is 32.2. The number of nitrogens with one attached hydrogen (secondary N) is 1. The number of nitrogens with zero attached hydrogens (tertiary/aromatic N) is 4. The Morgan fingerprint density at radius 2 is 1.87 bits per heavy atom. The van der Waals surface area contributed by atoms with E-state index in [1.807, 2.05) is 48.7 Å². The second-order valence-electron chi connectivity index (χ2n) is 7.11. The van der Waals surface area contributed by atoms with Crippen molar-refractivity contribution in [3.8, 4) is 17.1 Å². The van der Waals surface area contributed by atoms with Gasteiger partial charge in [-0.15, -0.1) is 10.2 Å². The molecule has 1 N–H and O–H groups in total. The SMILES string of the molecule is CCC(C)NC(=O)CCCSc1nnc(-c2ccc([N+](=O)[O-])cc2)n1-c1ccccc1. The van der Waals surface area contributed by atoms with Crippen molar-refractivity contribution in [2.75, 3.05) is 5.75 Å². The third kappa shape index (κ3) is 5.91. The Morgan fingerprint density at radius 1 is 1.16 bits per heavy atom. The van der Waals surface area contributed by atoms with Crippen LogP contribution >= 0.6 is 11.8 Å². The van der Waals surface area contributed by atoms with Crippen molar-refractivity contribution in [1.82, 2.24) is 20.1 Å². The maximum atomic E-state index is 12.0. The predicted octanol–water partition coefficient (Wildman–Crippen LogP) is 4.63. The molecule has 0 fully saturated rings. The van der Waals surface area contributed by atoms with E-state index in [-0.39, 0.29) is 17.6 Å². The Labute approximate surface area is 185 Å². The molecule has 31 heavy (non-hydrogen) atoms. The largest absolute Gasteiger partial charge is 0.354 e. The third-order valence-corrected chi connectivity index (χ3v) is 5.80. The molecule has 9 heteroatoms. The predicted molar refractivity (Wildman–Crippen MR) is 121 cm³/mol. The van der Waals surface area contributed by atoms with Crippen molar-refractivity contribution in [1.29, 1.82) is 0 Å². The van der Waals surface area contributed by atoms with Crippen molar-refractivity contribution in [2.45, 2.75) is 44.3 Å². The lowest BCUT2D eigenvalue weighted by Gasteiger charge is -2.11. The number of non-ortho nitro benzene ring substituents is 1. The molecule has 0 aliphatic rings. The summed E-state index contributed by atoms with van der Waals surface area (Å²) < 4.78 is 1.94. The van der Waals surface area contributed by atoms with Crippen LogP contribution in [0.1, 0.15) is 33.1 Å². The zero-order chi connectivity index (χ0) is 22.2. The summed E-state index contributed by atoms with van der Waals surface area (Å²) in [7, 11) is 0. The van der Waals surface area contributed by atoms with Crippen LogP contribution in [-0.2, 0) is 4.79 Å². The van der Waals surface area contributed by atoms with Gasteiger partial charge in [-0.2, -0.15) is 0 Å². The van der Waals surface area contributed by atoms with Crippen LogP contribution in [0.15, 0.2) is 59.8 Å². The maximum Gasteiger partial charge on any atom is 0.269 e. The van der Waals surface area contributed by atoms with E-state index in [0.717, 1.165) is 29.8 Å². The van der Waals surface area contributed by atoms with E-state index in [9.17, 15) is 14.9 Å². The molecule has 2 aromatic carbocycles. The van der Waals surface area contributed by atoms with E-state index < -0.39 is 4.92 Å². The van der Waals surface area contributed by atoms with Crippen LogP contribution in [0, 0.1) is 10.1 Å². The van der Waals surface area contributed by atoms with Gasteiger partial charge in [-0.3, -0.25) is 19.5 Å². The Hall–Kier alpha value is -3.20. The van der Waals surface area contributed by atoms with E-state index in [1.165, 1.54) is 23.9 Å². The molecule has 1 atom stereocenters. The normalized spacial score (nSPS) is 11.8. The lowest BCUT2D eigenvalue weighted by Crippen LogP contribution is -2.31. The fourth-order valence-electron chi connectivity index (χ4n) is 2.94. The number of hydrogen-bond donors (Lipinski definition) is 1. The highest BCUT2D eigenvalue weighted by molar-refractivity contribution is 7.99. The second kappa shape index (κ2) is 10.7. The monoisotopic (exact) mass is 439 g/mol. The summed E-state index contributed by atoms with van der Waals surface area (Å²) >= 11 is 1.53. The number of rotatable bonds is 10. The molecule has 3 aromatic rings. The van der Waals surface area contributed by atoms with Crippen molar-refractivity contribution >= 4 is 23.4 Å². The lowest BCUT2D eigenvalue weighted by atomic mass is 10.2. The van der Waals surface area contributed by atoms with Gasteiger partial charge in [0.2, 0.25) is 5.91 Å². The van der Waals surface area contributed by atoms with Crippen molar-refractivity contribution in [3.05, 3.63) is 64.7 Å². The summed E-state index contributed by atoms with van der Waals surface area (Å²) in [6, 6.07) is 16.2. The first kappa shape index (κ1) is 22.5. The molecule has 0 bridgehead atoms. The molecule has 8 nitrogen and oxygen atoms in total. The minimum absolute atomic E-state index is 0.0276. The number of amides is 1. The molecule has 162 valence electrons. The summed E-state index contributed by atoms with van der Waals surface area (Å²) in [6.07, 6.45) is 2.10. The molecule has 0 radical (unpaired) electrons. The Morgan fingerprint density at radius 3 is 2.52 bits per heavy atom. The van der Waals surface area contributed by atoms with Crippen molar-refractivity contribution < 1.29 is 9.72 Å². The van der Waals surface area contributed by atoms with Crippen molar-refractivity contribution in [3.63, 3.8) is 0 Å². The van der Waals surface area contributed by atoms with Gasteiger partial charge in [-0.05, 0) is 44.0 Å². The fourth-order valence-corrected chi connectivity index (χ4v) is 3.83. The fraction of sp³-hybridized carbons (Fsp3) is 0.318. The Bertz CT molecular complexity index is 1020. The average molecular weight is 440 g/mol. The number of aromatic nitrogens is 3. The van der Waals surface area contributed by atoms with Crippen molar-refractivity contribution in [2.24, 2.45) is 0 Å². The van der Waals surface area contributed by atoms with Gasteiger partial charge in [0.05, 0.1) is 4.92 Å². The van der Waals surface area contributed by atoms with Gasteiger partial charge >= 0.3 is 0 Å². The van der Waals surface area contributed by atoms with Gasteiger partial charge in [0.1, 0.15) is 0 Å². The summed E-state index contributed by atoms with van der Waals surface area (Å²) in [5, 5.41) is 23.3. The van der Waals surface area contributed by atoms with Crippen LogP contribution in [0.5, 0.6) is 0 Å². The van der Waals surface area contributed by atoms with Crippen LogP contribution in [0.25, 0.3) is 17.1 Å². The molecule has 0 saturated heterocycles. The van der Waals surface area contributed by atoms with Gasteiger partial charge in [-0.1, -0.05) is 36.9 Å². The number of nitro benzene ring substituents is 1. The topological polar surface area (TPSA) is 103 Å². The summed E-state index contributed by atoms with van der Waals surface area (Å²) in [5.41, 5.74) is 1.67. The highest BCUT2D eigenvalue weighted by Crippen LogP contribution is 2.29. The number of carbonyl (C=O) groups is 1. The zero-order valence-electron chi connectivity index (χ0n) is 17.5. The standard InChI is InChI=1S/C22H25N5O3S/c1-3-16(2)23-20(28)10-7-15-31-22-25-24-21(26(22)18-8-5-4-6-9-18)17-11-13-19(14-12-17)27(29)30/h4-6,8-9,11-14,16H,3,7,10,15H2,1-2H3,(H,23,28). The smallest absolute Gasteiger partial charge is 0.269 e. The molecular weight excluding hydrogens is 414 g/mol. The second-order valence-corrected chi connectivity index (χ2v) is 8.17. The molecule has 0 aliphatic carbocycles. The first-order valence-corrected chi connectivity index (χ1v) is 11.2. The van der Waals surface area contributed by atoms with Crippen LogP contribution in [0.3, 0.4) is 0 Å². The minimum Gasteiger partial charge on any atom is -0.354 e. The summed E-state index contributed by atoms with van der Waals surface area (Å²) in [5.74, 6) is 1.39. The molecule has 1 aromatic heterocycles. The lowest BCUT2D eigenvalue weighted by molar-refractivity contribution is -0.384. The van der Waals surface area contributed by atoms with Crippen LogP contribution in [0.4, 0.5) is 5.69 Å². The van der Waals surface area contributed by atoms with Crippen LogP contribution in [-0.4, -0.2) is 37.4 Å². The maximum absolute atomic E-state index is 12.0. The van der Waals surface area contributed by atoms with E-state index in [2.05, 4.69) is 15.5 Å². The molecule has 0 spiro atoms. The van der Waals surface area contributed by atoms with Crippen LogP contribution in [0.2, 0.25) is 0 Å². The molecule has 1 heterocycles. The van der Waals surface area contributed by atoms with E-state index in [4.69, 9.17) is 0 Å². The molecule has 3 rings (SSSR count). The number of carbonyl (C=O) groups excluding carboxylic acids is 1. The molecule has 1 amide bonds. The average Bonchev–Trinajstić information content (AvgIpc) is 3.21. The third-order valence-electron chi connectivity index (χ3n) is 4.78. The highest BCUT2D eigenvalue weighted by Gasteiger charge is 2.17. The molecule has 0 saturated carbocycles. The van der Waals surface area contributed by atoms with Gasteiger partial charge < -0.3 is 5.32 Å². The quantitative estimate of drug-likeness (QED) is 0.214. The number of benzene rings is 2. The van der Waals surface area contributed by atoms with E-state index in [1.54, 1.807) is 12.1 Å². The van der Waals surface area contributed by atoms with E-state index >= 15 is 0 Å². The van der Waals surface area contributed by atoms with Gasteiger partial charge in [0.25, 0.3) is 5.69 Å². The van der Waals surface area contributed by atoms with Gasteiger partial charge in [-0.25, -0.2) is 0 Å². The zero-order valence-corrected chi connectivity index (χ0v) is 18.3. The Balaban J connectivity index is 1.77. The number of nitro groups is 1. The first-order valence-electron chi connectivity index (χ1n) is 10.2. The number of para-hydroxylation sites is 1. The van der Waals surface area contributed by atoms with Gasteiger partial charge in [0.15, 0.2) is 11.0 Å². The summed E-state index contributed by atoms with van der Waals surface area (Å²) in [4.78, 5) is 22.5. The summed E-state index contributed by atoms with van der Waals surface area (Å²) in [6.45, 7) is 4.04. The number of thioether (sulfide) groups is 1.